The molecule has 8 nitrogen and oxygen atoms in total. The number of carbonyl (C=O) groups is 2. The van der Waals surface area contributed by atoms with Gasteiger partial charge in [-0.15, -0.1) is 0 Å². The quantitative estimate of drug-likeness (QED) is 0.627. The van der Waals surface area contributed by atoms with Crippen LogP contribution in [0.4, 0.5) is 4.39 Å². The lowest BCUT2D eigenvalue weighted by atomic mass is 9.97. The van der Waals surface area contributed by atoms with Gasteiger partial charge < -0.3 is 19.1 Å². The van der Waals surface area contributed by atoms with Gasteiger partial charge in [-0.2, -0.15) is 5.10 Å². The van der Waals surface area contributed by atoms with E-state index in [4.69, 9.17) is 14.2 Å². The molecule has 1 heterocycles. The van der Waals surface area contributed by atoms with Gasteiger partial charge in [0.05, 0.1) is 26.0 Å². The van der Waals surface area contributed by atoms with Gasteiger partial charge in [-0.05, 0) is 18.2 Å². The zero-order valence-corrected chi connectivity index (χ0v) is 18.5. The van der Waals surface area contributed by atoms with Crippen molar-refractivity contribution in [3.05, 3.63) is 59.4 Å². The zero-order chi connectivity index (χ0) is 23.3. The summed E-state index contributed by atoms with van der Waals surface area (Å²) in [4.78, 5) is 26.4. The number of nitrogens with zero attached hydrogens (tertiary/aromatic N) is 3. The Morgan fingerprint density at radius 3 is 2.56 bits per heavy atom. The molecule has 1 aliphatic heterocycles. The minimum absolute atomic E-state index is 0.141. The lowest BCUT2D eigenvalue weighted by molar-refractivity contribution is -0.142. The third-order valence-corrected chi connectivity index (χ3v) is 5.22. The molecule has 0 bridgehead atoms. The number of likely N-dealkylation sites (N-methyl/N-ethyl adjacent to an activating group) is 1. The average Bonchev–Trinajstić information content (AvgIpc) is 3.24. The molecule has 0 aliphatic carbocycles. The monoisotopic (exact) mass is 443 g/mol. The molecule has 0 aromatic heterocycles. The minimum Gasteiger partial charge on any atom is -0.497 e. The largest absolute Gasteiger partial charge is 0.497 e. The summed E-state index contributed by atoms with van der Waals surface area (Å²) in [5, 5.41) is 5.77. The summed E-state index contributed by atoms with van der Waals surface area (Å²) < 4.78 is 30.2. The van der Waals surface area contributed by atoms with Crippen LogP contribution in [-0.4, -0.2) is 69.0 Å². The number of hydrogen-bond donors (Lipinski definition) is 0. The topological polar surface area (TPSA) is 80.7 Å². The first-order chi connectivity index (χ1) is 15.4. The van der Waals surface area contributed by atoms with Gasteiger partial charge in [0.2, 0.25) is 5.91 Å². The van der Waals surface area contributed by atoms with Crippen molar-refractivity contribution < 1.29 is 28.2 Å². The highest BCUT2D eigenvalue weighted by Gasteiger charge is 2.36. The minimum atomic E-state index is -0.656. The standard InChI is InChI=1S/C23H26FN3O5/c1-26(23(29)14-30-2)13-22(28)27-20(16-7-5-6-8-18(16)24)12-19(25-27)17-10-9-15(31-3)11-21(17)32-4/h5-11,20H,12-14H2,1-4H3/t20-/m0/s1. The number of carbonyl (C=O) groups excluding carboxylic acids is 2. The van der Waals surface area contributed by atoms with Crippen LogP contribution in [0.3, 0.4) is 0 Å². The van der Waals surface area contributed by atoms with Gasteiger partial charge in [0, 0.05) is 37.8 Å². The number of benzene rings is 2. The van der Waals surface area contributed by atoms with E-state index in [0.29, 0.717) is 28.3 Å². The highest BCUT2D eigenvalue weighted by Crippen LogP contribution is 2.37. The summed E-state index contributed by atoms with van der Waals surface area (Å²) in [6, 6.07) is 10.9. The maximum Gasteiger partial charge on any atom is 0.262 e. The molecule has 0 unspecified atom stereocenters. The molecule has 9 heteroatoms. The number of rotatable bonds is 8. The van der Waals surface area contributed by atoms with Gasteiger partial charge >= 0.3 is 0 Å². The molecule has 0 saturated carbocycles. The Kier molecular flexibility index (Phi) is 7.42. The van der Waals surface area contributed by atoms with Crippen LogP contribution in [0.1, 0.15) is 23.6 Å². The maximum absolute atomic E-state index is 14.6. The van der Waals surface area contributed by atoms with Gasteiger partial charge in [0.25, 0.3) is 5.91 Å². The van der Waals surface area contributed by atoms with Crippen LogP contribution in [0.15, 0.2) is 47.6 Å². The Balaban J connectivity index is 1.96. The summed E-state index contributed by atoms with van der Waals surface area (Å²) in [5.41, 5.74) is 1.59. The van der Waals surface area contributed by atoms with Gasteiger partial charge in [-0.1, -0.05) is 18.2 Å². The Hall–Kier alpha value is -3.46. The molecule has 3 rings (SSSR count). The van der Waals surface area contributed by atoms with Crippen molar-refractivity contribution in [2.24, 2.45) is 5.10 Å². The SMILES string of the molecule is COCC(=O)N(C)CC(=O)N1N=C(c2ccc(OC)cc2OC)C[C@H]1c1ccccc1F. The molecule has 0 radical (unpaired) electrons. The highest BCUT2D eigenvalue weighted by molar-refractivity contribution is 6.05. The van der Waals surface area contributed by atoms with E-state index in [1.807, 2.05) is 0 Å². The predicted molar refractivity (Wildman–Crippen MR) is 116 cm³/mol. The zero-order valence-electron chi connectivity index (χ0n) is 18.5. The number of amides is 2. The summed E-state index contributed by atoms with van der Waals surface area (Å²) >= 11 is 0. The van der Waals surface area contributed by atoms with Crippen molar-refractivity contribution in [3.63, 3.8) is 0 Å². The van der Waals surface area contributed by atoms with Crippen molar-refractivity contribution >= 4 is 17.5 Å². The number of ether oxygens (including phenoxy) is 3. The average molecular weight is 443 g/mol. The molecule has 0 saturated heterocycles. The van der Waals surface area contributed by atoms with Gasteiger partial charge in [-0.25, -0.2) is 9.40 Å². The van der Waals surface area contributed by atoms with Crippen molar-refractivity contribution in [1.29, 1.82) is 0 Å². The Morgan fingerprint density at radius 2 is 1.91 bits per heavy atom. The van der Waals surface area contributed by atoms with E-state index >= 15 is 0 Å². The van der Waals surface area contributed by atoms with E-state index in [0.717, 1.165) is 0 Å². The lowest BCUT2D eigenvalue weighted by Crippen LogP contribution is -2.40. The first kappa shape index (κ1) is 23.2. The smallest absolute Gasteiger partial charge is 0.262 e. The van der Waals surface area contributed by atoms with Crippen LogP contribution < -0.4 is 9.47 Å². The van der Waals surface area contributed by atoms with Crippen LogP contribution in [-0.2, 0) is 14.3 Å². The summed E-state index contributed by atoms with van der Waals surface area (Å²) in [6.45, 7) is -0.359. The molecule has 2 aromatic rings. The van der Waals surface area contributed by atoms with Crippen molar-refractivity contribution in [2.75, 3.05) is 41.5 Å². The van der Waals surface area contributed by atoms with E-state index in [1.165, 1.54) is 37.2 Å². The second-order valence-corrected chi connectivity index (χ2v) is 7.28. The van der Waals surface area contributed by atoms with E-state index in [-0.39, 0.29) is 25.5 Å². The molecule has 170 valence electrons. The fraction of sp³-hybridized carbons (Fsp3) is 0.348. The van der Waals surface area contributed by atoms with Crippen LogP contribution in [0, 0.1) is 5.82 Å². The number of hydrogen-bond acceptors (Lipinski definition) is 6. The molecule has 1 atom stereocenters. The van der Waals surface area contributed by atoms with Crippen molar-refractivity contribution in [2.45, 2.75) is 12.5 Å². The predicted octanol–water partition coefficient (Wildman–Crippen LogP) is 2.63. The van der Waals surface area contributed by atoms with Crippen LogP contribution >= 0.6 is 0 Å². The molecule has 2 amide bonds. The second kappa shape index (κ2) is 10.2. The maximum atomic E-state index is 14.6. The van der Waals surface area contributed by atoms with Crippen molar-refractivity contribution in [1.82, 2.24) is 9.91 Å². The molecular formula is C23H26FN3O5. The summed E-state index contributed by atoms with van der Waals surface area (Å²) in [5.74, 6) is -0.0772. The van der Waals surface area contributed by atoms with Crippen molar-refractivity contribution in [3.8, 4) is 11.5 Å². The van der Waals surface area contributed by atoms with Gasteiger partial charge in [-0.3, -0.25) is 9.59 Å². The molecule has 1 aliphatic rings. The summed E-state index contributed by atoms with van der Waals surface area (Å²) in [7, 11) is 5.99. The van der Waals surface area contributed by atoms with Crippen LogP contribution in [0.5, 0.6) is 11.5 Å². The number of hydrazone groups is 1. The fourth-order valence-electron chi connectivity index (χ4n) is 3.52. The van der Waals surface area contributed by atoms with Gasteiger partial charge in [0.15, 0.2) is 0 Å². The highest BCUT2D eigenvalue weighted by atomic mass is 19.1. The normalized spacial score (nSPS) is 15.3. The molecule has 0 N–H and O–H groups in total. The van der Waals surface area contributed by atoms with E-state index < -0.39 is 17.8 Å². The first-order valence-corrected chi connectivity index (χ1v) is 9.98. The first-order valence-electron chi connectivity index (χ1n) is 9.98. The molecule has 32 heavy (non-hydrogen) atoms. The van der Waals surface area contributed by atoms with Crippen LogP contribution in [0.25, 0.3) is 0 Å². The lowest BCUT2D eigenvalue weighted by Gasteiger charge is -2.25. The van der Waals surface area contributed by atoms with Gasteiger partial charge in [0.1, 0.15) is 30.5 Å². The Labute approximate surface area is 186 Å². The molecule has 0 spiro atoms. The van der Waals surface area contributed by atoms with E-state index in [1.54, 1.807) is 43.5 Å². The number of halogens is 1. The Morgan fingerprint density at radius 1 is 1.16 bits per heavy atom. The van der Waals surface area contributed by atoms with E-state index in [2.05, 4.69) is 5.10 Å². The Bertz CT molecular complexity index is 1030. The molecule has 0 fully saturated rings. The van der Waals surface area contributed by atoms with E-state index in [9.17, 15) is 14.0 Å². The fourth-order valence-corrected chi connectivity index (χ4v) is 3.52. The van der Waals surface area contributed by atoms with Crippen LogP contribution in [0.2, 0.25) is 0 Å². The third kappa shape index (κ3) is 4.88. The molecular weight excluding hydrogens is 417 g/mol. The molecule has 2 aromatic carbocycles. The number of methoxy groups -OCH3 is 3. The third-order valence-electron chi connectivity index (χ3n) is 5.22. The summed E-state index contributed by atoms with van der Waals surface area (Å²) in [6.07, 6.45) is 0.283. The second-order valence-electron chi connectivity index (χ2n) is 7.28.